The molecule has 2 aliphatic heterocycles. The zero-order chi connectivity index (χ0) is 30.9. The van der Waals surface area contributed by atoms with Crippen LogP contribution in [0.25, 0.3) is 57.3 Å². The molecule has 2 nitrogen and oxygen atoms in total. The average Bonchev–Trinajstić information content (AvgIpc) is 3.54. The number of rotatable bonds is 8. The predicted molar refractivity (Wildman–Crippen MR) is 195 cm³/mol. The van der Waals surface area contributed by atoms with Crippen molar-refractivity contribution in [1.29, 1.82) is 0 Å². The topological polar surface area (TPSA) is 15.3 Å². The summed E-state index contributed by atoms with van der Waals surface area (Å²) in [6.45, 7) is 17.8. The molecule has 0 bridgehead atoms. The number of benzene rings is 4. The fraction of sp³-hybridized carbons (Fsp3) is 0.209. The first-order valence-corrected chi connectivity index (χ1v) is 16.4. The molecule has 2 fully saturated rings. The van der Waals surface area contributed by atoms with Crippen LogP contribution < -0.4 is 5.32 Å². The number of hydrogen-bond acceptors (Lipinski definition) is 2. The Bertz CT molecular complexity index is 1860. The lowest BCUT2D eigenvalue weighted by Gasteiger charge is -2.29. The highest BCUT2D eigenvalue weighted by atomic mass is 15.3. The molecule has 7 rings (SSSR count). The molecule has 0 radical (unpaired) electrons. The molecular weight excluding hydrogens is 544 g/mol. The van der Waals surface area contributed by atoms with Crippen molar-refractivity contribution < 1.29 is 0 Å². The molecule has 4 aromatic carbocycles. The van der Waals surface area contributed by atoms with Gasteiger partial charge in [0.25, 0.3) is 0 Å². The molecule has 2 heterocycles. The summed E-state index contributed by atoms with van der Waals surface area (Å²) in [5, 5.41) is 6.24. The third-order valence-electron chi connectivity index (χ3n) is 10.1. The third kappa shape index (κ3) is 5.14. The van der Waals surface area contributed by atoms with E-state index >= 15 is 0 Å². The standard InChI is InChI=1S/C43H42N2/c1-5-29-17-14-20-37(34(29)6-2)43-36(8-4)35(7-3)42(38-18-12-13-19-39(38)43)32-23-21-31(22-24-32)40-28-45-27-33(25-26-41(45)44-40)30-15-10-9-11-16-30/h5-8,12-14,17-27,30,40-41,44H,1-4,9-11,15-16,28H2. The number of nitrogens with one attached hydrogen (secondary N) is 1. The first-order chi connectivity index (χ1) is 22.1. The molecule has 2 heteroatoms. The van der Waals surface area contributed by atoms with E-state index < -0.39 is 0 Å². The van der Waals surface area contributed by atoms with Crippen LogP contribution in [0.15, 0.2) is 117 Å². The Labute approximate surface area is 268 Å². The second-order valence-electron chi connectivity index (χ2n) is 12.6. The maximum atomic E-state index is 4.29. The highest BCUT2D eigenvalue weighted by Crippen LogP contribution is 2.45. The molecule has 0 spiro atoms. The van der Waals surface area contributed by atoms with E-state index in [1.54, 1.807) is 0 Å². The molecule has 2 atom stereocenters. The second-order valence-corrected chi connectivity index (χ2v) is 12.6. The van der Waals surface area contributed by atoms with Gasteiger partial charge < -0.3 is 4.90 Å². The molecular formula is C43H42N2. The summed E-state index contributed by atoms with van der Waals surface area (Å²) in [4.78, 5) is 2.50. The van der Waals surface area contributed by atoms with Gasteiger partial charge in [0, 0.05) is 12.7 Å². The monoisotopic (exact) mass is 586 g/mol. The van der Waals surface area contributed by atoms with Crippen LogP contribution >= 0.6 is 0 Å². The lowest BCUT2D eigenvalue weighted by Crippen LogP contribution is -2.33. The zero-order valence-electron chi connectivity index (χ0n) is 26.1. The normalized spacial score (nSPS) is 19.6. The number of fused-ring (bicyclic) bond motifs is 2. The summed E-state index contributed by atoms with van der Waals surface area (Å²) in [6, 6.07) is 24.5. The number of hydrogen-bond donors (Lipinski definition) is 1. The van der Waals surface area contributed by atoms with Crippen LogP contribution in [0.4, 0.5) is 0 Å². The molecule has 4 aromatic rings. The Morgan fingerprint density at radius 1 is 0.689 bits per heavy atom. The number of nitrogens with zero attached hydrogens (tertiary/aromatic N) is 1. The molecule has 0 amide bonds. The van der Waals surface area contributed by atoms with Gasteiger partial charge in [0.1, 0.15) is 0 Å². The summed E-state index contributed by atoms with van der Waals surface area (Å²) in [6.07, 6.45) is 22.0. The maximum Gasteiger partial charge on any atom is 0.0991 e. The van der Waals surface area contributed by atoms with Gasteiger partial charge in [-0.25, -0.2) is 0 Å². The maximum absolute atomic E-state index is 4.29. The minimum atomic E-state index is 0.265. The Morgan fingerprint density at radius 2 is 1.38 bits per heavy atom. The quantitative estimate of drug-likeness (QED) is 0.221. The van der Waals surface area contributed by atoms with E-state index in [4.69, 9.17) is 0 Å². The zero-order valence-corrected chi connectivity index (χ0v) is 26.1. The van der Waals surface area contributed by atoms with Crippen molar-refractivity contribution in [3.8, 4) is 22.3 Å². The van der Waals surface area contributed by atoms with Gasteiger partial charge >= 0.3 is 0 Å². The summed E-state index contributed by atoms with van der Waals surface area (Å²) in [5.74, 6) is 0.726. The van der Waals surface area contributed by atoms with Gasteiger partial charge in [0.05, 0.1) is 12.2 Å². The van der Waals surface area contributed by atoms with Gasteiger partial charge in [-0.05, 0) is 91.3 Å². The molecule has 45 heavy (non-hydrogen) atoms. The smallest absolute Gasteiger partial charge is 0.0991 e. The lowest BCUT2D eigenvalue weighted by molar-refractivity contribution is 0.355. The van der Waals surface area contributed by atoms with Gasteiger partial charge in [-0.2, -0.15) is 0 Å². The van der Waals surface area contributed by atoms with Gasteiger partial charge in [0.15, 0.2) is 0 Å². The first kappa shape index (κ1) is 29.1. The van der Waals surface area contributed by atoms with Crippen molar-refractivity contribution in [2.75, 3.05) is 6.54 Å². The SMILES string of the molecule is C=Cc1cccc(-c2c(C=C)c(C=C)c(-c3ccc(C4CN5C=C(C6CCCCC6)C=CC5N4)cc3)c3ccccc23)c1C=C. The summed E-state index contributed by atoms with van der Waals surface area (Å²) >= 11 is 0. The molecule has 2 unspecified atom stereocenters. The minimum absolute atomic E-state index is 0.265. The Hall–Kier alpha value is -4.66. The van der Waals surface area contributed by atoms with Crippen LogP contribution in [-0.2, 0) is 0 Å². The molecule has 3 aliphatic rings. The third-order valence-corrected chi connectivity index (χ3v) is 10.1. The van der Waals surface area contributed by atoms with E-state index in [0.717, 1.165) is 45.8 Å². The van der Waals surface area contributed by atoms with Gasteiger partial charge in [-0.3, -0.25) is 5.32 Å². The fourth-order valence-electron chi connectivity index (χ4n) is 7.89. The van der Waals surface area contributed by atoms with E-state index in [0.29, 0.717) is 0 Å². The summed E-state index contributed by atoms with van der Waals surface area (Å²) in [7, 11) is 0. The van der Waals surface area contributed by atoms with E-state index in [1.165, 1.54) is 65.1 Å². The van der Waals surface area contributed by atoms with Crippen LogP contribution in [-0.4, -0.2) is 17.6 Å². The summed E-state index contributed by atoms with van der Waals surface area (Å²) < 4.78 is 0. The van der Waals surface area contributed by atoms with Crippen molar-refractivity contribution in [1.82, 2.24) is 10.2 Å². The fourth-order valence-corrected chi connectivity index (χ4v) is 7.89. The molecule has 1 aliphatic carbocycles. The van der Waals surface area contributed by atoms with Crippen LogP contribution in [0.3, 0.4) is 0 Å². The molecule has 0 aromatic heterocycles. The van der Waals surface area contributed by atoms with Crippen LogP contribution in [0, 0.1) is 5.92 Å². The predicted octanol–water partition coefficient (Wildman–Crippen LogP) is 11.1. The van der Waals surface area contributed by atoms with Gasteiger partial charge in [0.2, 0.25) is 0 Å². The van der Waals surface area contributed by atoms with Gasteiger partial charge in [-0.15, -0.1) is 0 Å². The highest BCUT2D eigenvalue weighted by molar-refractivity contribution is 6.12. The van der Waals surface area contributed by atoms with Crippen LogP contribution in [0.5, 0.6) is 0 Å². The molecule has 1 saturated heterocycles. The molecule has 1 N–H and O–H groups in total. The van der Waals surface area contributed by atoms with Crippen molar-refractivity contribution in [3.05, 3.63) is 145 Å². The van der Waals surface area contributed by atoms with Crippen molar-refractivity contribution in [2.45, 2.75) is 44.3 Å². The Kier molecular flexibility index (Phi) is 8.00. The Morgan fingerprint density at radius 3 is 2.07 bits per heavy atom. The Balaban J connectivity index is 1.27. The van der Waals surface area contributed by atoms with E-state index in [-0.39, 0.29) is 12.2 Å². The lowest BCUT2D eigenvalue weighted by atomic mass is 9.81. The van der Waals surface area contributed by atoms with E-state index in [1.807, 2.05) is 24.3 Å². The van der Waals surface area contributed by atoms with E-state index in [2.05, 4.69) is 122 Å². The van der Waals surface area contributed by atoms with Gasteiger partial charge in [-0.1, -0.05) is 143 Å². The summed E-state index contributed by atoms with van der Waals surface area (Å²) in [5.41, 5.74) is 11.8. The van der Waals surface area contributed by atoms with Crippen molar-refractivity contribution in [2.24, 2.45) is 5.92 Å². The minimum Gasteiger partial charge on any atom is -0.356 e. The van der Waals surface area contributed by atoms with Crippen LogP contribution in [0.1, 0.15) is 66.0 Å². The van der Waals surface area contributed by atoms with Crippen molar-refractivity contribution in [3.63, 3.8) is 0 Å². The number of allylic oxidation sites excluding steroid dienone is 2. The molecule has 1 saturated carbocycles. The highest BCUT2D eigenvalue weighted by Gasteiger charge is 2.32. The van der Waals surface area contributed by atoms with Crippen molar-refractivity contribution >= 4 is 35.1 Å². The largest absolute Gasteiger partial charge is 0.356 e. The average molecular weight is 587 g/mol. The first-order valence-electron chi connectivity index (χ1n) is 16.4. The van der Waals surface area contributed by atoms with Crippen LogP contribution in [0.2, 0.25) is 0 Å². The molecule has 224 valence electrons. The van der Waals surface area contributed by atoms with E-state index in [9.17, 15) is 0 Å². The second kappa shape index (κ2) is 12.4.